The molecule has 0 saturated heterocycles. The number of hydrogen-bond donors (Lipinski definition) is 4. The number of aliphatic hydroxyl groups is 1. The molecule has 1 aliphatic rings. The highest BCUT2D eigenvalue weighted by molar-refractivity contribution is 5.81. The molecule has 0 fully saturated rings. The van der Waals surface area contributed by atoms with Gasteiger partial charge in [-0.05, 0) is 25.5 Å². The SMILES string of the molecule is O=C(NCCCCCCCCNCc1cn([C@H]2C=C[C@@H](CO)O2)c(=O)[nH]c1=O)C(F)(F)F. The fraction of sp³-hybridized carbons (Fsp3) is 0.650. The number of aliphatic hydroxyl groups excluding tert-OH is 1. The highest BCUT2D eigenvalue weighted by Gasteiger charge is 2.38. The van der Waals surface area contributed by atoms with E-state index in [1.807, 2.05) is 5.32 Å². The molecule has 1 aromatic heterocycles. The van der Waals surface area contributed by atoms with Gasteiger partial charge in [-0.1, -0.05) is 31.8 Å². The van der Waals surface area contributed by atoms with Crippen molar-refractivity contribution in [2.24, 2.45) is 0 Å². The van der Waals surface area contributed by atoms with Crippen molar-refractivity contribution in [2.75, 3.05) is 19.7 Å². The third-order valence-corrected chi connectivity index (χ3v) is 4.94. The molecule has 0 unspecified atom stereocenters. The summed E-state index contributed by atoms with van der Waals surface area (Å²) in [7, 11) is 0. The zero-order chi connectivity index (χ0) is 23.6. The Morgan fingerprint density at radius 1 is 1.09 bits per heavy atom. The molecule has 12 heteroatoms. The van der Waals surface area contributed by atoms with Crippen LogP contribution < -0.4 is 21.9 Å². The van der Waals surface area contributed by atoms with Crippen LogP contribution in [0.1, 0.15) is 50.3 Å². The predicted molar refractivity (Wildman–Crippen MR) is 110 cm³/mol. The number of amides is 1. The lowest BCUT2D eigenvalue weighted by atomic mass is 10.1. The Hall–Kier alpha value is -2.44. The number of unbranched alkanes of at least 4 members (excludes halogenated alkanes) is 5. The van der Waals surface area contributed by atoms with E-state index >= 15 is 0 Å². The van der Waals surface area contributed by atoms with Gasteiger partial charge in [-0.2, -0.15) is 13.2 Å². The lowest BCUT2D eigenvalue weighted by Crippen LogP contribution is -2.37. The summed E-state index contributed by atoms with van der Waals surface area (Å²) < 4.78 is 42.8. The fourth-order valence-electron chi connectivity index (χ4n) is 3.20. The highest BCUT2D eigenvalue weighted by Crippen LogP contribution is 2.19. The largest absolute Gasteiger partial charge is 0.471 e. The first-order valence-electron chi connectivity index (χ1n) is 10.6. The van der Waals surface area contributed by atoms with Crippen molar-refractivity contribution < 1.29 is 27.8 Å². The van der Waals surface area contributed by atoms with Gasteiger partial charge in [0.25, 0.3) is 5.56 Å². The van der Waals surface area contributed by atoms with Crippen LogP contribution >= 0.6 is 0 Å². The van der Waals surface area contributed by atoms with Crippen molar-refractivity contribution >= 4 is 5.91 Å². The summed E-state index contributed by atoms with van der Waals surface area (Å²) in [6, 6.07) is 0. The second kappa shape index (κ2) is 12.6. The van der Waals surface area contributed by atoms with Gasteiger partial charge in [0.2, 0.25) is 0 Å². The van der Waals surface area contributed by atoms with Crippen LogP contribution in [-0.4, -0.2) is 52.5 Å². The number of aromatic nitrogens is 2. The van der Waals surface area contributed by atoms with Crippen LogP contribution in [0.15, 0.2) is 27.9 Å². The van der Waals surface area contributed by atoms with E-state index in [1.165, 1.54) is 10.8 Å². The normalized spacial score (nSPS) is 18.2. The van der Waals surface area contributed by atoms with Crippen LogP contribution in [0.4, 0.5) is 13.2 Å². The number of nitrogens with zero attached hydrogens (tertiary/aromatic N) is 1. The van der Waals surface area contributed by atoms with E-state index < -0.39 is 35.7 Å². The van der Waals surface area contributed by atoms with Gasteiger partial charge in [0.1, 0.15) is 6.10 Å². The smallest absolute Gasteiger partial charge is 0.393 e. The van der Waals surface area contributed by atoms with E-state index in [0.717, 1.165) is 32.1 Å². The zero-order valence-electron chi connectivity index (χ0n) is 17.6. The van der Waals surface area contributed by atoms with Crippen molar-refractivity contribution in [2.45, 2.75) is 63.6 Å². The fourth-order valence-corrected chi connectivity index (χ4v) is 3.20. The zero-order valence-corrected chi connectivity index (χ0v) is 17.6. The minimum atomic E-state index is -4.83. The molecule has 0 saturated carbocycles. The van der Waals surface area contributed by atoms with Crippen LogP contribution in [0.3, 0.4) is 0 Å². The van der Waals surface area contributed by atoms with E-state index in [4.69, 9.17) is 9.84 Å². The number of H-pyrrole nitrogens is 1. The van der Waals surface area contributed by atoms with Crippen molar-refractivity contribution in [1.29, 1.82) is 0 Å². The summed E-state index contributed by atoms with van der Waals surface area (Å²) in [6.07, 6.45) is 3.51. The van der Waals surface area contributed by atoms with Crippen LogP contribution in [0.5, 0.6) is 0 Å². The molecule has 9 nitrogen and oxygen atoms in total. The second-order valence-corrected chi connectivity index (χ2v) is 7.51. The molecule has 0 aliphatic carbocycles. The Morgan fingerprint density at radius 3 is 2.38 bits per heavy atom. The number of halogens is 3. The van der Waals surface area contributed by atoms with Gasteiger partial charge in [-0.15, -0.1) is 0 Å². The summed E-state index contributed by atoms with van der Waals surface area (Å²) in [4.78, 5) is 37.0. The van der Waals surface area contributed by atoms with Gasteiger partial charge in [0.05, 0.1) is 6.61 Å². The van der Waals surface area contributed by atoms with E-state index in [9.17, 15) is 27.6 Å². The number of carbonyl (C=O) groups is 1. The molecule has 0 spiro atoms. The van der Waals surface area contributed by atoms with Crippen molar-refractivity contribution in [3.8, 4) is 0 Å². The maximum atomic E-state index is 12.0. The van der Waals surface area contributed by atoms with Crippen molar-refractivity contribution in [1.82, 2.24) is 20.2 Å². The number of hydrogen-bond acceptors (Lipinski definition) is 6. The average molecular weight is 462 g/mol. The first-order chi connectivity index (χ1) is 15.2. The minimum absolute atomic E-state index is 0.0128. The molecule has 2 heterocycles. The summed E-state index contributed by atoms with van der Waals surface area (Å²) >= 11 is 0. The molecular formula is C20H29F3N4O5. The molecule has 1 aliphatic heterocycles. The first kappa shape index (κ1) is 25.8. The van der Waals surface area contributed by atoms with Crippen molar-refractivity contribution in [3.05, 3.63) is 44.8 Å². The lowest BCUT2D eigenvalue weighted by Gasteiger charge is -2.15. The molecule has 2 atom stereocenters. The number of aromatic amines is 1. The lowest BCUT2D eigenvalue weighted by molar-refractivity contribution is -0.173. The van der Waals surface area contributed by atoms with Gasteiger partial charge >= 0.3 is 17.8 Å². The van der Waals surface area contributed by atoms with E-state index in [-0.39, 0.29) is 19.7 Å². The summed E-state index contributed by atoms with van der Waals surface area (Å²) in [5.41, 5.74) is -0.683. The van der Waals surface area contributed by atoms with Gasteiger partial charge < -0.3 is 20.5 Å². The molecule has 0 radical (unpaired) electrons. The Bertz CT molecular complexity index is 881. The third-order valence-electron chi connectivity index (χ3n) is 4.94. The van der Waals surface area contributed by atoms with E-state index in [1.54, 1.807) is 12.2 Å². The van der Waals surface area contributed by atoms with Gasteiger partial charge in [-0.3, -0.25) is 19.1 Å². The Balaban J connectivity index is 1.60. The van der Waals surface area contributed by atoms with Crippen LogP contribution in [0.25, 0.3) is 0 Å². The van der Waals surface area contributed by atoms with Gasteiger partial charge in [0.15, 0.2) is 6.23 Å². The third kappa shape index (κ3) is 8.24. The highest BCUT2D eigenvalue weighted by atomic mass is 19.4. The molecule has 0 aromatic carbocycles. The minimum Gasteiger partial charge on any atom is -0.393 e. The quantitative estimate of drug-likeness (QED) is 0.257. The molecule has 1 aromatic rings. The number of alkyl halides is 3. The van der Waals surface area contributed by atoms with Crippen LogP contribution in [0, 0.1) is 0 Å². The van der Waals surface area contributed by atoms with Crippen LogP contribution in [0.2, 0.25) is 0 Å². The maximum absolute atomic E-state index is 12.0. The Kier molecular flexibility index (Phi) is 10.1. The monoisotopic (exact) mass is 462 g/mol. The number of rotatable bonds is 13. The standard InChI is InChI=1S/C20H29F3N4O5/c21-20(22,23)18(30)25-10-6-4-2-1-3-5-9-24-11-14-12-27(19(31)26-17(14)29)16-8-7-15(13-28)32-16/h7-8,12,15-16,24,28H,1-6,9-11,13H2,(H,25,30)(H,26,29,31)/t15-,16+/m0/s1. The molecule has 2 rings (SSSR count). The summed E-state index contributed by atoms with van der Waals surface area (Å²) in [6.45, 7) is 0.744. The van der Waals surface area contributed by atoms with Crippen molar-refractivity contribution in [3.63, 3.8) is 0 Å². The van der Waals surface area contributed by atoms with Gasteiger partial charge in [0, 0.05) is 24.8 Å². The van der Waals surface area contributed by atoms with E-state index in [2.05, 4.69) is 10.3 Å². The number of carbonyl (C=O) groups excluding carboxylic acids is 1. The summed E-state index contributed by atoms with van der Waals surface area (Å²) in [5, 5.41) is 14.1. The average Bonchev–Trinajstić information content (AvgIpc) is 3.21. The molecule has 180 valence electrons. The first-order valence-corrected chi connectivity index (χ1v) is 10.6. The molecule has 4 N–H and O–H groups in total. The Morgan fingerprint density at radius 2 is 1.75 bits per heavy atom. The second-order valence-electron chi connectivity index (χ2n) is 7.51. The van der Waals surface area contributed by atoms with Crippen LogP contribution in [-0.2, 0) is 16.1 Å². The molecule has 32 heavy (non-hydrogen) atoms. The van der Waals surface area contributed by atoms with Gasteiger partial charge in [-0.25, -0.2) is 4.79 Å². The van der Waals surface area contributed by atoms with E-state index in [0.29, 0.717) is 18.5 Å². The molecule has 0 bridgehead atoms. The molecular weight excluding hydrogens is 433 g/mol. The topological polar surface area (TPSA) is 125 Å². The molecule has 1 amide bonds. The maximum Gasteiger partial charge on any atom is 0.471 e. The predicted octanol–water partition coefficient (Wildman–Crippen LogP) is 1.09. The number of ether oxygens (including phenoxy) is 1. The Labute approximate surface area is 182 Å². The number of nitrogens with one attached hydrogen (secondary N) is 3. The summed E-state index contributed by atoms with van der Waals surface area (Å²) in [5.74, 6) is -1.90.